The molecule has 0 aliphatic carbocycles. The maximum Gasteiger partial charge on any atom is 0.255 e. The minimum atomic E-state index is -0.198. The lowest BCUT2D eigenvalue weighted by Gasteiger charge is -2.14. The molecule has 126 valence electrons. The summed E-state index contributed by atoms with van der Waals surface area (Å²) >= 11 is 6.05. The fourth-order valence-corrected chi connectivity index (χ4v) is 2.82. The number of carbonyl (C=O) groups is 1. The predicted octanol–water partition coefficient (Wildman–Crippen LogP) is 3.83. The lowest BCUT2D eigenvalue weighted by Crippen LogP contribution is -2.32. The third kappa shape index (κ3) is 4.49. The molecule has 1 atom stereocenters. The molecule has 0 aromatic heterocycles. The predicted molar refractivity (Wildman–Crippen MR) is 93.5 cm³/mol. The van der Waals surface area contributed by atoms with Crippen molar-refractivity contribution in [3.63, 3.8) is 0 Å². The molecular weight excluding hydrogens is 326 g/mol. The first kappa shape index (κ1) is 16.8. The molecule has 1 N–H and O–H groups in total. The Bertz CT molecular complexity index is 684. The van der Waals surface area contributed by atoms with E-state index in [1.54, 1.807) is 18.2 Å². The first-order chi connectivity index (χ1) is 11.7. The van der Waals surface area contributed by atoms with Crippen molar-refractivity contribution < 1.29 is 14.3 Å². The first-order valence-corrected chi connectivity index (χ1v) is 8.46. The normalized spacial score (nSPS) is 16.8. The Kier molecular flexibility index (Phi) is 5.72. The molecule has 0 bridgehead atoms. The highest BCUT2D eigenvalue weighted by Gasteiger charge is 2.18. The van der Waals surface area contributed by atoms with E-state index < -0.39 is 0 Å². The zero-order valence-corrected chi connectivity index (χ0v) is 14.1. The number of hydrogen-bond donors (Lipinski definition) is 1. The summed E-state index contributed by atoms with van der Waals surface area (Å²) in [5, 5.41) is 3.41. The van der Waals surface area contributed by atoms with Gasteiger partial charge in [0.2, 0.25) is 0 Å². The molecule has 1 heterocycles. The molecule has 24 heavy (non-hydrogen) atoms. The van der Waals surface area contributed by atoms with Gasteiger partial charge in [-0.15, -0.1) is 0 Å². The largest absolute Gasteiger partial charge is 0.488 e. The van der Waals surface area contributed by atoms with Crippen molar-refractivity contribution in [3.8, 4) is 5.75 Å². The Morgan fingerprint density at radius 2 is 2.08 bits per heavy atom. The third-order valence-corrected chi connectivity index (χ3v) is 4.17. The number of halogens is 1. The van der Waals surface area contributed by atoms with Crippen LogP contribution in [0.15, 0.2) is 48.5 Å². The number of benzene rings is 2. The highest BCUT2D eigenvalue weighted by molar-refractivity contribution is 6.31. The Morgan fingerprint density at radius 1 is 1.25 bits per heavy atom. The van der Waals surface area contributed by atoms with Gasteiger partial charge >= 0.3 is 0 Å². The van der Waals surface area contributed by atoms with E-state index in [9.17, 15) is 4.79 Å². The lowest BCUT2D eigenvalue weighted by molar-refractivity contribution is 0.0854. The maximum atomic E-state index is 12.5. The summed E-state index contributed by atoms with van der Waals surface area (Å²) in [6, 6.07) is 14.9. The topological polar surface area (TPSA) is 47.6 Å². The van der Waals surface area contributed by atoms with Gasteiger partial charge in [0.25, 0.3) is 5.91 Å². The standard InChI is InChI=1S/C19H20ClNO3/c20-15-8-9-18(24-13-14-5-2-1-3-6-14)17(11-15)19(22)21-12-16-7-4-10-23-16/h1-3,5-6,8-9,11,16H,4,7,10,12-13H2,(H,21,22)/t16-/m0/s1. The lowest BCUT2D eigenvalue weighted by atomic mass is 10.1. The van der Waals surface area contributed by atoms with Crippen LogP contribution in [0.25, 0.3) is 0 Å². The van der Waals surface area contributed by atoms with E-state index in [0.29, 0.717) is 29.5 Å². The van der Waals surface area contributed by atoms with E-state index in [1.807, 2.05) is 30.3 Å². The number of ether oxygens (including phenoxy) is 2. The monoisotopic (exact) mass is 345 g/mol. The van der Waals surface area contributed by atoms with Gasteiger partial charge in [0.15, 0.2) is 0 Å². The second kappa shape index (κ2) is 8.18. The summed E-state index contributed by atoms with van der Waals surface area (Å²) in [6.45, 7) is 1.67. The van der Waals surface area contributed by atoms with Gasteiger partial charge in [-0.1, -0.05) is 41.9 Å². The smallest absolute Gasteiger partial charge is 0.255 e. The molecule has 1 amide bonds. The highest BCUT2D eigenvalue weighted by Crippen LogP contribution is 2.24. The van der Waals surface area contributed by atoms with E-state index in [1.165, 1.54) is 0 Å². The summed E-state index contributed by atoms with van der Waals surface area (Å²) < 4.78 is 11.3. The Balaban J connectivity index is 1.66. The molecule has 5 heteroatoms. The van der Waals surface area contributed by atoms with Crippen LogP contribution in [0.2, 0.25) is 5.02 Å². The van der Waals surface area contributed by atoms with Crippen LogP contribution in [-0.2, 0) is 11.3 Å². The van der Waals surface area contributed by atoms with Crippen molar-refractivity contribution in [2.24, 2.45) is 0 Å². The van der Waals surface area contributed by atoms with Crippen molar-refractivity contribution in [2.75, 3.05) is 13.2 Å². The fraction of sp³-hybridized carbons (Fsp3) is 0.316. The molecule has 1 fully saturated rings. The molecule has 1 aliphatic rings. The Labute approximate surface area is 146 Å². The van der Waals surface area contributed by atoms with Crippen LogP contribution in [0.1, 0.15) is 28.8 Å². The van der Waals surface area contributed by atoms with E-state index in [-0.39, 0.29) is 12.0 Å². The van der Waals surface area contributed by atoms with Crippen LogP contribution in [0.4, 0.5) is 0 Å². The van der Waals surface area contributed by atoms with Crippen LogP contribution in [-0.4, -0.2) is 25.2 Å². The van der Waals surface area contributed by atoms with Crippen molar-refractivity contribution in [1.82, 2.24) is 5.32 Å². The summed E-state index contributed by atoms with van der Waals surface area (Å²) in [5.41, 5.74) is 1.48. The SMILES string of the molecule is O=C(NC[C@@H]1CCCO1)c1cc(Cl)ccc1OCc1ccccc1. The number of nitrogens with one attached hydrogen (secondary N) is 1. The van der Waals surface area contributed by atoms with Gasteiger partial charge in [-0.2, -0.15) is 0 Å². The number of hydrogen-bond acceptors (Lipinski definition) is 3. The molecule has 0 radical (unpaired) electrons. The van der Waals surface area contributed by atoms with Gasteiger partial charge < -0.3 is 14.8 Å². The van der Waals surface area contributed by atoms with Crippen molar-refractivity contribution in [1.29, 1.82) is 0 Å². The number of carbonyl (C=O) groups excluding carboxylic acids is 1. The van der Waals surface area contributed by atoms with E-state index in [2.05, 4.69) is 5.32 Å². The summed E-state index contributed by atoms with van der Waals surface area (Å²) in [7, 11) is 0. The second-order valence-electron chi connectivity index (χ2n) is 5.76. The molecule has 3 rings (SSSR count). The van der Waals surface area contributed by atoms with Crippen molar-refractivity contribution in [3.05, 3.63) is 64.7 Å². The minimum Gasteiger partial charge on any atom is -0.488 e. The molecule has 4 nitrogen and oxygen atoms in total. The fourth-order valence-electron chi connectivity index (χ4n) is 2.65. The molecule has 2 aromatic rings. The molecule has 2 aromatic carbocycles. The summed E-state index contributed by atoms with van der Waals surface area (Å²) in [6.07, 6.45) is 2.12. The summed E-state index contributed by atoms with van der Waals surface area (Å²) in [5.74, 6) is 0.323. The van der Waals surface area contributed by atoms with E-state index >= 15 is 0 Å². The van der Waals surface area contributed by atoms with Crippen LogP contribution < -0.4 is 10.1 Å². The molecule has 1 saturated heterocycles. The number of amides is 1. The first-order valence-electron chi connectivity index (χ1n) is 8.08. The van der Waals surface area contributed by atoms with Crippen LogP contribution in [0.5, 0.6) is 5.75 Å². The van der Waals surface area contributed by atoms with Gasteiger partial charge in [0.05, 0.1) is 11.7 Å². The van der Waals surface area contributed by atoms with Gasteiger partial charge in [-0.3, -0.25) is 4.79 Å². The van der Waals surface area contributed by atoms with Gasteiger partial charge in [0, 0.05) is 18.2 Å². The molecule has 1 aliphatic heterocycles. The van der Waals surface area contributed by atoms with Crippen molar-refractivity contribution in [2.45, 2.75) is 25.6 Å². The van der Waals surface area contributed by atoms with Crippen LogP contribution >= 0.6 is 11.6 Å². The zero-order chi connectivity index (χ0) is 16.8. The molecule has 0 spiro atoms. The van der Waals surface area contributed by atoms with E-state index in [4.69, 9.17) is 21.1 Å². The minimum absolute atomic E-state index is 0.0989. The highest BCUT2D eigenvalue weighted by atomic mass is 35.5. The van der Waals surface area contributed by atoms with Crippen LogP contribution in [0.3, 0.4) is 0 Å². The van der Waals surface area contributed by atoms with Gasteiger partial charge in [-0.25, -0.2) is 0 Å². The zero-order valence-electron chi connectivity index (χ0n) is 13.3. The van der Waals surface area contributed by atoms with Crippen molar-refractivity contribution >= 4 is 17.5 Å². The quantitative estimate of drug-likeness (QED) is 0.865. The third-order valence-electron chi connectivity index (χ3n) is 3.94. The maximum absolute atomic E-state index is 12.5. The second-order valence-corrected chi connectivity index (χ2v) is 6.20. The number of rotatable bonds is 6. The average molecular weight is 346 g/mol. The summed E-state index contributed by atoms with van der Waals surface area (Å²) in [4.78, 5) is 12.5. The van der Waals surface area contributed by atoms with Gasteiger partial charge in [0.1, 0.15) is 12.4 Å². The average Bonchev–Trinajstić information content (AvgIpc) is 3.13. The van der Waals surface area contributed by atoms with Crippen LogP contribution in [0, 0.1) is 0 Å². The molecule has 0 unspecified atom stereocenters. The van der Waals surface area contributed by atoms with Gasteiger partial charge in [-0.05, 0) is 36.6 Å². The molecular formula is C19H20ClNO3. The Morgan fingerprint density at radius 3 is 2.83 bits per heavy atom. The molecule has 0 saturated carbocycles. The van der Waals surface area contributed by atoms with E-state index in [0.717, 1.165) is 25.0 Å². The Hall–Kier alpha value is -2.04.